The average molecular weight is 141 g/mol. The number of nitrogens with two attached hydrogens (primary N) is 1. The van der Waals surface area contributed by atoms with Crippen molar-refractivity contribution < 1.29 is 0 Å². The molecule has 2 rings (SSSR count). The molecule has 3 nitrogen and oxygen atoms in total. The fourth-order valence-corrected chi connectivity index (χ4v) is 1.99. The van der Waals surface area contributed by atoms with Gasteiger partial charge in [-0.2, -0.15) is 0 Å². The van der Waals surface area contributed by atoms with E-state index >= 15 is 0 Å². The van der Waals surface area contributed by atoms with Crippen LogP contribution in [0.5, 0.6) is 0 Å². The Hall–Kier alpha value is -0.640. The lowest BCUT2D eigenvalue weighted by Gasteiger charge is -1.92. The first-order chi connectivity index (χ1) is 4.38. The Morgan fingerprint density at radius 2 is 2.56 bits per heavy atom. The van der Waals surface area contributed by atoms with Crippen molar-refractivity contribution >= 4 is 11.8 Å². The number of fused-ring (bicyclic) bond motifs is 1. The number of hydrogen-bond donors (Lipinski definition) is 1. The van der Waals surface area contributed by atoms with Crippen molar-refractivity contribution in [2.45, 2.75) is 11.5 Å². The Morgan fingerprint density at radius 1 is 1.67 bits per heavy atom. The summed E-state index contributed by atoms with van der Waals surface area (Å²) < 4.78 is 1.61. The molecule has 48 valence electrons. The minimum Gasteiger partial charge on any atom is -0.338 e. The van der Waals surface area contributed by atoms with Crippen LogP contribution in [0.3, 0.4) is 0 Å². The molecule has 0 saturated carbocycles. The molecule has 0 aromatic carbocycles. The molecular weight excluding hydrogens is 134 g/mol. The van der Waals surface area contributed by atoms with Gasteiger partial charge in [0.1, 0.15) is 6.33 Å². The molecule has 0 bridgehead atoms. The van der Waals surface area contributed by atoms with Crippen LogP contribution in [-0.4, -0.2) is 9.66 Å². The highest BCUT2D eigenvalue weighted by atomic mass is 32.2. The van der Waals surface area contributed by atoms with E-state index < -0.39 is 0 Å². The topological polar surface area (TPSA) is 43.8 Å². The first-order valence-electron chi connectivity index (χ1n) is 2.76. The van der Waals surface area contributed by atoms with Gasteiger partial charge in [0.15, 0.2) is 0 Å². The fraction of sp³-hybridized carbons (Fsp3) is 0.400. The number of nitrogen functional groups attached to an aromatic ring is 1. The van der Waals surface area contributed by atoms with E-state index in [1.807, 2.05) is 11.8 Å². The smallest absolute Gasteiger partial charge is 0.114 e. The Labute approximate surface area is 57.2 Å². The maximum Gasteiger partial charge on any atom is 0.114 e. The van der Waals surface area contributed by atoms with Gasteiger partial charge >= 0.3 is 0 Å². The van der Waals surface area contributed by atoms with Crippen molar-refractivity contribution in [2.75, 3.05) is 5.84 Å². The van der Waals surface area contributed by atoms with E-state index in [-0.39, 0.29) is 0 Å². The molecule has 0 amide bonds. The Kier molecular flexibility index (Phi) is 0.958. The molecule has 0 fully saturated rings. The van der Waals surface area contributed by atoms with Crippen molar-refractivity contribution in [3.63, 3.8) is 0 Å². The summed E-state index contributed by atoms with van der Waals surface area (Å²) in [4.78, 5) is 4.11. The molecule has 2 N–H and O–H groups in total. The van der Waals surface area contributed by atoms with E-state index in [0.29, 0.717) is 0 Å². The van der Waals surface area contributed by atoms with Crippen LogP contribution in [-0.2, 0) is 11.5 Å². The maximum atomic E-state index is 5.53. The summed E-state index contributed by atoms with van der Waals surface area (Å²) in [5.74, 6) is 7.58. The Morgan fingerprint density at radius 3 is 3.33 bits per heavy atom. The van der Waals surface area contributed by atoms with Crippen molar-refractivity contribution in [3.05, 3.63) is 17.7 Å². The van der Waals surface area contributed by atoms with Crippen molar-refractivity contribution in [1.29, 1.82) is 0 Å². The molecule has 1 aliphatic rings. The zero-order chi connectivity index (χ0) is 6.27. The minimum atomic E-state index is 1.02. The number of rotatable bonds is 0. The highest BCUT2D eigenvalue weighted by Crippen LogP contribution is 2.26. The first-order valence-corrected chi connectivity index (χ1v) is 3.91. The van der Waals surface area contributed by atoms with Crippen LogP contribution < -0.4 is 5.84 Å². The molecule has 0 atom stereocenters. The molecule has 2 heterocycles. The van der Waals surface area contributed by atoms with Gasteiger partial charge in [0.2, 0.25) is 0 Å². The van der Waals surface area contributed by atoms with Crippen LogP contribution in [0.15, 0.2) is 6.33 Å². The number of imidazole rings is 1. The second kappa shape index (κ2) is 1.67. The van der Waals surface area contributed by atoms with Crippen LogP contribution in [0, 0.1) is 0 Å². The zero-order valence-corrected chi connectivity index (χ0v) is 5.69. The fourth-order valence-electron chi connectivity index (χ4n) is 0.948. The summed E-state index contributed by atoms with van der Waals surface area (Å²) in [7, 11) is 0. The molecule has 9 heavy (non-hydrogen) atoms. The molecule has 0 aliphatic carbocycles. The second-order valence-electron chi connectivity index (χ2n) is 2.04. The summed E-state index contributed by atoms with van der Waals surface area (Å²) in [5, 5.41) is 0. The van der Waals surface area contributed by atoms with Crippen LogP contribution in [0.4, 0.5) is 0 Å². The van der Waals surface area contributed by atoms with Gasteiger partial charge in [-0.1, -0.05) is 0 Å². The largest absolute Gasteiger partial charge is 0.338 e. The molecule has 1 aromatic rings. The number of thioether (sulfide) groups is 1. The van der Waals surface area contributed by atoms with E-state index in [2.05, 4.69) is 4.98 Å². The molecule has 0 unspecified atom stereocenters. The lowest BCUT2D eigenvalue weighted by Crippen LogP contribution is -2.08. The minimum absolute atomic E-state index is 1.02. The molecule has 0 saturated heterocycles. The number of nitrogens with zero attached hydrogens (tertiary/aromatic N) is 2. The Bertz CT molecular complexity index is 230. The van der Waals surface area contributed by atoms with E-state index in [9.17, 15) is 0 Å². The van der Waals surface area contributed by atoms with Crippen LogP contribution in [0.1, 0.15) is 11.4 Å². The zero-order valence-electron chi connectivity index (χ0n) is 4.87. The molecule has 0 spiro atoms. The highest BCUT2D eigenvalue weighted by molar-refractivity contribution is 7.98. The molecular formula is C5H7N3S. The molecule has 4 heteroatoms. The van der Waals surface area contributed by atoms with E-state index in [1.54, 1.807) is 11.0 Å². The summed E-state index contributed by atoms with van der Waals surface area (Å²) in [6.07, 6.45) is 1.67. The average Bonchev–Trinajstić information content (AvgIpc) is 2.35. The van der Waals surface area contributed by atoms with Gasteiger partial charge in [0, 0.05) is 11.5 Å². The van der Waals surface area contributed by atoms with Gasteiger partial charge < -0.3 is 5.84 Å². The van der Waals surface area contributed by atoms with Crippen LogP contribution in [0.2, 0.25) is 0 Å². The van der Waals surface area contributed by atoms with Crippen molar-refractivity contribution in [2.24, 2.45) is 0 Å². The van der Waals surface area contributed by atoms with E-state index in [0.717, 1.165) is 17.2 Å². The third kappa shape index (κ3) is 0.627. The maximum absolute atomic E-state index is 5.53. The van der Waals surface area contributed by atoms with Gasteiger partial charge in [-0.25, -0.2) is 4.98 Å². The summed E-state index contributed by atoms with van der Waals surface area (Å²) >= 11 is 1.86. The monoisotopic (exact) mass is 141 g/mol. The van der Waals surface area contributed by atoms with Crippen molar-refractivity contribution in [1.82, 2.24) is 9.66 Å². The normalized spacial score (nSPS) is 16.0. The van der Waals surface area contributed by atoms with Gasteiger partial charge in [-0.05, 0) is 0 Å². The summed E-state index contributed by atoms with van der Waals surface area (Å²) in [6, 6.07) is 0. The number of aromatic nitrogens is 2. The third-order valence-electron chi connectivity index (χ3n) is 1.46. The molecule has 1 aromatic heterocycles. The van der Waals surface area contributed by atoms with Gasteiger partial charge in [0.05, 0.1) is 11.4 Å². The lowest BCUT2D eigenvalue weighted by atomic mass is 10.4. The van der Waals surface area contributed by atoms with Crippen LogP contribution in [0.25, 0.3) is 0 Å². The van der Waals surface area contributed by atoms with Crippen molar-refractivity contribution in [3.8, 4) is 0 Å². The van der Waals surface area contributed by atoms with Gasteiger partial charge in [-0.3, -0.25) is 4.68 Å². The highest BCUT2D eigenvalue weighted by Gasteiger charge is 2.15. The predicted molar refractivity (Wildman–Crippen MR) is 37.4 cm³/mol. The SMILES string of the molecule is Nn1cnc2c1CSC2. The van der Waals surface area contributed by atoms with Gasteiger partial charge in [0.25, 0.3) is 0 Å². The summed E-state index contributed by atoms with van der Waals surface area (Å²) in [6.45, 7) is 0. The first kappa shape index (κ1) is 5.17. The van der Waals surface area contributed by atoms with E-state index in [4.69, 9.17) is 5.84 Å². The van der Waals surface area contributed by atoms with E-state index in [1.165, 1.54) is 5.69 Å². The molecule has 0 radical (unpaired) electrons. The van der Waals surface area contributed by atoms with Gasteiger partial charge in [-0.15, -0.1) is 11.8 Å². The Balaban J connectivity index is 2.56. The number of hydrogen-bond acceptors (Lipinski definition) is 3. The molecule has 1 aliphatic heterocycles. The second-order valence-corrected chi connectivity index (χ2v) is 3.02. The third-order valence-corrected chi connectivity index (χ3v) is 2.42. The van der Waals surface area contributed by atoms with Crippen LogP contribution >= 0.6 is 11.8 Å². The lowest BCUT2D eigenvalue weighted by molar-refractivity contribution is 0.944. The summed E-state index contributed by atoms with van der Waals surface area (Å²) in [5.41, 5.74) is 2.34. The standard InChI is InChI=1S/C5H7N3S/c6-8-3-7-4-1-9-2-5(4)8/h3H,1-2,6H2. The predicted octanol–water partition coefficient (Wildman–Crippen LogP) is 0.344. The quantitative estimate of drug-likeness (QED) is 0.530.